The van der Waals surface area contributed by atoms with Crippen LogP contribution in [0.15, 0.2) is 24.3 Å². The molecule has 2 rings (SSSR count). The summed E-state index contributed by atoms with van der Waals surface area (Å²) in [7, 11) is 0. The molecular weight excluding hydrogens is 160 g/mol. The van der Waals surface area contributed by atoms with Crippen molar-refractivity contribution in [3.8, 4) is 0 Å². The maximum Gasteiger partial charge on any atom is 0.0431 e. The Morgan fingerprint density at radius 1 is 1.15 bits per heavy atom. The molecule has 1 aromatic rings. The van der Waals surface area contributed by atoms with Crippen molar-refractivity contribution in [2.75, 3.05) is 6.61 Å². The minimum atomic E-state index is 0.340. The number of hydrogen-bond donors (Lipinski definition) is 1. The Morgan fingerprint density at radius 3 is 2.31 bits per heavy atom. The molecule has 0 unspecified atom stereocenters. The molecule has 0 heterocycles. The first kappa shape index (κ1) is 8.76. The molecular formula is C12H16O. The van der Waals surface area contributed by atoms with Gasteiger partial charge in [-0.2, -0.15) is 0 Å². The Labute approximate surface area is 79.4 Å². The third kappa shape index (κ3) is 1.92. The molecule has 0 aliphatic heterocycles. The highest BCUT2D eigenvalue weighted by Crippen LogP contribution is 2.28. The summed E-state index contributed by atoms with van der Waals surface area (Å²) in [6.07, 6.45) is 4.57. The van der Waals surface area contributed by atoms with Gasteiger partial charge in [-0.1, -0.05) is 24.3 Å². The van der Waals surface area contributed by atoms with Gasteiger partial charge < -0.3 is 5.11 Å². The van der Waals surface area contributed by atoms with Crippen LogP contribution in [0.2, 0.25) is 0 Å². The van der Waals surface area contributed by atoms with E-state index in [-0.39, 0.29) is 0 Å². The van der Waals surface area contributed by atoms with Crippen molar-refractivity contribution in [2.24, 2.45) is 5.92 Å². The van der Waals surface area contributed by atoms with E-state index in [0.717, 1.165) is 12.3 Å². The minimum absolute atomic E-state index is 0.340. The standard InChI is InChI=1S/C12H16O/c13-7-3-4-10-8-11-5-1-2-6-12(11)9-10/h1-2,5-6,10,13H,3-4,7-9H2. The number of benzene rings is 1. The molecule has 13 heavy (non-hydrogen) atoms. The molecule has 0 radical (unpaired) electrons. The van der Waals surface area contributed by atoms with Gasteiger partial charge in [0, 0.05) is 6.61 Å². The SMILES string of the molecule is OCCCC1Cc2ccccc2C1. The lowest BCUT2D eigenvalue weighted by molar-refractivity contribution is 0.272. The minimum Gasteiger partial charge on any atom is -0.396 e. The lowest BCUT2D eigenvalue weighted by Crippen LogP contribution is -2.00. The molecule has 0 atom stereocenters. The third-order valence-electron chi connectivity index (χ3n) is 2.91. The molecule has 70 valence electrons. The van der Waals surface area contributed by atoms with Gasteiger partial charge in [0.1, 0.15) is 0 Å². The first-order valence-corrected chi connectivity index (χ1v) is 5.08. The fourth-order valence-corrected chi connectivity index (χ4v) is 2.23. The Hall–Kier alpha value is -0.820. The van der Waals surface area contributed by atoms with E-state index < -0.39 is 0 Å². The molecule has 1 N–H and O–H groups in total. The zero-order valence-electron chi connectivity index (χ0n) is 7.87. The second-order valence-corrected chi connectivity index (χ2v) is 3.91. The van der Waals surface area contributed by atoms with Gasteiger partial charge in [0.25, 0.3) is 0 Å². The summed E-state index contributed by atoms with van der Waals surface area (Å²) in [5.41, 5.74) is 3.04. The number of fused-ring (bicyclic) bond motifs is 1. The maximum absolute atomic E-state index is 8.74. The van der Waals surface area contributed by atoms with Crippen LogP contribution >= 0.6 is 0 Å². The Bertz CT molecular complexity index is 255. The van der Waals surface area contributed by atoms with Crippen molar-refractivity contribution in [2.45, 2.75) is 25.7 Å². The third-order valence-corrected chi connectivity index (χ3v) is 2.91. The van der Waals surface area contributed by atoms with Crippen LogP contribution in [0.25, 0.3) is 0 Å². The van der Waals surface area contributed by atoms with Gasteiger partial charge in [0.05, 0.1) is 0 Å². The molecule has 1 aliphatic carbocycles. The summed E-state index contributed by atoms with van der Waals surface area (Å²) in [5.74, 6) is 0.782. The highest BCUT2D eigenvalue weighted by atomic mass is 16.2. The van der Waals surface area contributed by atoms with Crippen LogP contribution in [0.4, 0.5) is 0 Å². The van der Waals surface area contributed by atoms with Gasteiger partial charge in [-0.25, -0.2) is 0 Å². The molecule has 1 aliphatic rings. The molecule has 0 spiro atoms. The van der Waals surface area contributed by atoms with Gasteiger partial charge in [0.2, 0.25) is 0 Å². The van der Waals surface area contributed by atoms with Crippen molar-refractivity contribution in [3.05, 3.63) is 35.4 Å². The Morgan fingerprint density at radius 2 is 1.77 bits per heavy atom. The Kier molecular flexibility index (Phi) is 2.65. The summed E-state index contributed by atoms with van der Waals surface area (Å²) in [6, 6.07) is 8.70. The van der Waals surface area contributed by atoms with Crippen molar-refractivity contribution in [1.29, 1.82) is 0 Å². The fraction of sp³-hybridized carbons (Fsp3) is 0.500. The number of aliphatic hydroxyl groups excluding tert-OH is 1. The lowest BCUT2D eigenvalue weighted by Gasteiger charge is -2.05. The fourth-order valence-electron chi connectivity index (χ4n) is 2.23. The predicted octanol–water partition coefficient (Wildman–Crippen LogP) is 2.17. The molecule has 0 saturated carbocycles. The summed E-state index contributed by atoms with van der Waals surface area (Å²) < 4.78 is 0. The molecule has 0 fully saturated rings. The molecule has 0 aromatic heterocycles. The van der Waals surface area contributed by atoms with E-state index >= 15 is 0 Å². The zero-order valence-corrected chi connectivity index (χ0v) is 7.87. The van der Waals surface area contributed by atoms with Gasteiger partial charge in [0.15, 0.2) is 0 Å². The molecule has 1 nitrogen and oxygen atoms in total. The van der Waals surface area contributed by atoms with E-state index in [2.05, 4.69) is 24.3 Å². The maximum atomic E-state index is 8.74. The lowest BCUT2D eigenvalue weighted by atomic mass is 10.0. The van der Waals surface area contributed by atoms with E-state index in [1.165, 1.54) is 30.4 Å². The second-order valence-electron chi connectivity index (χ2n) is 3.91. The van der Waals surface area contributed by atoms with Gasteiger partial charge in [-0.3, -0.25) is 0 Å². The average Bonchev–Trinajstić information content (AvgIpc) is 2.57. The van der Waals surface area contributed by atoms with Crippen LogP contribution in [0.5, 0.6) is 0 Å². The molecule has 0 saturated heterocycles. The van der Waals surface area contributed by atoms with E-state index in [1.54, 1.807) is 0 Å². The highest BCUT2D eigenvalue weighted by molar-refractivity contribution is 5.31. The van der Waals surface area contributed by atoms with E-state index in [9.17, 15) is 0 Å². The first-order valence-electron chi connectivity index (χ1n) is 5.08. The molecule has 0 amide bonds. The summed E-state index contributed by atoms with van der Waals surface area (Å²) in [5, 5.41) is 8.74. The van der Waals surface area contributed by atoms with Gasteiger partial charge >= 0.3 is 0 Å². The number of hydrogen-bond acceptors (Lipinski definition) is 1. The molecule has 1 aromatic carbocycles. The second kappa shape index (κ2) is 3.93. The number of rotatable bonds is 3. The van der Waals surface area contributed by atoms with Crippen molar-refractivity contribution in [3.63, 3.8) is 0 Å². The van der Waals surface area contributed by atoms with Crippen LogP contribution < -0.4 is 0 Å². The first-order chi connectivity index (χ1) is 6.40. The van der Waals surface area contributed by atoms with Crippen LogP contribution in [0.1, 0.15) is 24.0 Å². The van der Waals surface area contributed by atoms with E-state index in [1.807, 2.05) is 0 Å². The van der Waals surface area contributed by atoms with Crippen LogP contribution in [0, 0.1) is 5.92 Å². The van der Waals surface area contributed by atoms with Crippen molar-refractivity contribution < 1.29 is 5.11 Å². The van der Waals surface area contributed by atoms with Crippen molar-refractivity contribution >= 4 is 0 Å². The highest BCUT2D eigenvalue weighted by Gasteiger charge is 2.19. The van der Waals surface area contributed by atoms with Crippen LogP contribution in [0.3, 0.4) is 0 Å². The summed E-state index contributed by atoms with van der Waals surface area (Å²) >= 11 is 0. The largest absolute Gasteiger partial charge is 0.396 e. The van der Waals surface area contributed by atoms with E-state index in [0.29, 0.717) is 6.61 Å². The number of aliphatic hydroxyl groups is 1. The molecule has 1 heteroatoms. The predicted molar refractivity (Wildman–Crippen MR) is 53.7 cm³/mol. The smallest absolute Gasteiger partial charge is 0.0431 e. The normalized spacial score (nSPS) is 16.1. The monoisotopic (exact) mass is 176 g/mol. The van der Waals surface area contributed by atoms with Gasteiger partial charge in [-0.05, 0) is 42.7 Å². The quantitative estimate of drug-likeness (QED) is 0.748. The zero-order chi connectivity index (χ0) is 9.10. The van der Waals surface area contributed by atoms with E-state index in [4.69, 9.17) is 5.11 Å². The van der Waals surface area contributed by atoms with Crippen LogP contribution in [-0.4, -0.2) is 11.7 Å². The van der Waals surface area contributed by atoms with Gasteiger partial charge in [-0.15, -0.1) is 0 Å². The molecule has 0 bridgehead atoms. The van der Waals surface area contributed by atoms with Crippen molar-refractivity contribution in [1.82, 2.24) is 0 Å². The Balaban J connectivity index is 1.97. The average molecular weight is 176 g/mol. The summed E-state index contributed by atoms with van der Waals surface area (Å²) in [4.78, 5) is 0. The summed E-state index contributed by atoms with van der Waals surface area (Å²) in [6.45, 7) is 0.340. The van der Waals surface area contributed by atoms with Crippen LogP contribution in [-0.2, 0) is 12.8 Å². The topological polar surface area (TPSA) is 20.2 Å².